The highest BCUT2D eigenvalue weighted by Crippen LogP contribution is 2.17. The maximum absolute atomic E-state index is 11.5. The van der Waals surface area contributed by atoms with Gasteiger partial charge < -0.3 is 24.1 Å². The van der Waals surface area contributed by atoms with Crippen LogP contribution < -0.4 is 4.74 Å². The fourth-order valence-corrected chi connectivity index (χ4v) is 2.27. The number of methoxy groups -OCH3 is 1. The molecule has 8 nitrogen and oxygen atoms in total. The van der Waals surface area contributed by atoms with Gasteiger partial charge in [0.2, 0.25) is 6.79 Å². The second-order valence-electron chi connectivity index (χ2n) is 7.15. The molecule has 1 N–H and O–H groups in total. The highest BCUT2D eigenvalue weighted by molar-refractivity contribution is 6.29. The van der Waals surface area contributed by atoms with E-state index in [0.29, 0.717) is 5.75 Å². The molecule has 0 saturated heterocycles. The van der Waals surface area contributed by atoms with Gasteiger partial charge in [-0.2, -0.15) is 0 Å². The second kappa shape index (κ2) is 16.9. The summed E-state index contributed by atoms with van der Waals surface area (Å²) in [5.41, 5.74) is 2.65. The van der Waals surface area contributed by atoms with E-state index in [4.69, 9.17) is 14.2 Å². The minimum atomic E-state index is -1.10. The van der Waals surface area contributed by atoms with Gasteiger partial charge in [-0.15, -0.1) is 0 Å². The van der Waals surface area contributed by atoms with Crippen LogP contribution in [-0.2, 0) is 28.6 Å². The van der Waals surface area contributed by atoms with Gasteiger partial charge in [0.15, 0.2) is 0 Å². The lowest BCUT2D eigenvalue weighted by atomic mass is 10.1. The number of para-hydroxylation sites is 1. The Morgan fingerprint density at radius 2 is 1.56 bits per heavy atom. The maximum atomic E-state index is 11.5. The van der Waals surface area contributed by atoms with Gasteiger partial charge in [0, 0.05) is 11.6 Å². The molecule has 0 aliphatic carbocycles. The summed E-state index contributed by atoms with van der Waals surface area (Å²) in [6, 6.07) is 14.2. The van der Waals surface area contributed by atoms with Gasteiger partial charge in [0.05, 0.1) is 7.11 Å². The Hall–Kier alpha value is -4.59. The molecule has 190 valence electrons. The maximum Gasteiger partial charge on any atom is 0.420 e. The number of carbonyl (C=O) groups is 3. The highest BCUT2D eigenvalue weighted by Gasteiger charge is 2.16. The minimum Gasteiger partial charge on any atom is -0.507 e. The molecular formula is C28H30O8. The Labute approximate surface area is 210 Å². The van der Waals surface area contributed by atoms with Gasteiger partial charge in [-0.1, -0.05) is 66.8 Å². The molecule has 0 fully saturated rings. The lowest BCUT2D eigenvalue weighted by molar-refractivity contribution is -0.170. The molecule has 2 rings (SSSR count). The third kappa shape index (κ3) is 12.6. The normalized spacial score (nSPS) is 10.1. The van der Waals surface area contributed by atoms with Crippen molar-refractivity contribution in [1.29, 1.82) is 0 Å². The molecule has 0 heterocycles. The van der Waals surface area contributed by atoms with Crippen LogP contribution in [-0.4, -0.2) is 43.5 Å². The predicted molar refractivity (Wildman–Crippen MR) is 137 cm³/mol. The summed E-state index contributed by atoms with van der Waals surface area (Å²) in [7, 11) is 1.31. The van der Waals surface area contributed by atoms with Crippen molar-refractivity contribution in [2.75, 3.05) is 20.5 Å². The molecule has 2 aromatic rings. The van der Waals surface area contributed by atoms with Gasteiger partial charge in [0.1, 0.15) is 18.1 Å². The van der Waals surface area contributed by atoms with Crippen LogP contribution in [0, 0.1) is 0 Å². The first kappa shape index (κ1) is 29.4. The van der Waals surface area contributed by atoms with E-state index in [1.54, 1.807) is 30.3 Å². The van der Waals surface area contributed by atoms with E-state index in [1.807, 2.05) is 62.4 Å². The smallest absolute Gasteiger partial charge is 0.420 e. The molecule has 2 aromatic carbocycles. The first-order valence-electron chi connectivity index (χ1n) is 10.8. The van der Waals surface area contributed by atoms with E-state index in [0.717, 1.165) is 22.8 Å². The van der Waals surface area contributed by atoms with Gasteiger partial charge in [-0.3, -0.25) is 0 Å². The monoisotopic (exact) mass is 494 g/mol. The van der Waals surface area contributed by atoms with Crippen molar-refractivity contribution in [2.24, 2.45) is 0 Å². The van der Waals surface area contributed by atoms with Crippen LogP contribution in [0.4, 0.5) is 0 Å². The highest BCUT2D eigenvalue weighted by atomic mass is 16.7. The summed E-state index contributed by atoms with van der Waals surface area (Å²) in [4.78, 5) is 32.8. The van der Waals surface area contributed by atoms with Crippen molar-refractivity contribution in [3.05, 3.63) is 96.1 Å². The zero-order valence-electron chi connectivity index (χ0n) is 20.5. The minimum absolute atomic E-state index is 0.0216. The number of ether oxygens (including phenoxy) is 4. The predicted octanol–water partition coefficient (Wildman–Crippen LogP) is 4.85. The van der Waals surface area contributed by atoms with Crippen molar-refractivity contribution < 1.29 is 38.4 Å². The number of phenolic OH excluding ortho intramolecular Hbond substituents is 1. The van der Waals surface area contributed by atoms with Crippen LogP contribution in [0.5, 0.6) is 11.5 Å². The molecule has 0 bridgehead atoms. The fourth-order valence-electron chi connectivity index (χ4n) is 2.27. The lowest BCUT2D eigenvalue weighted by Gasteiger charge is -2.07. The molecule has 0 radical (unpaired) electrons. The van der Waals surface area contributed by atoms with Gasteiger partial charge >= 0.3 is 17.9 Å². The number of carbonyl (C=O) groups excluding carboxylic acids is 3. The SMILES string of the molecule is C=CC(=O)OC.CC(C)=CCOC(=O)C(=O)OCOc1ccc(C=CC=Cc2ccccc2O)cc1. The molecule has 0 spiro atoms. The van der Waals surface area contributed by atoms with E-state index in [9.17, 15) is 19.5 Å². The molecule has 0 unspecified atom stereocenters. The molecule has 0 aliphatic rings. The zero-order valence-corrected chi connectivity index (χ0v) is 20.5. The van der Waals surface area contributed by atoms with Crippen molar-refractivity contribution in [1.82, 2.24) is 0 Å². The van der Waals surface area contributed by atoms with Crippen molar-refractivity contribution in [3.63, 3.8) is 0 Å². The number of hydrogen-bond acceptors (Lipinski definition) is 8. The third-order valence-electron chi connectivity index (χ3n) is 4.15. The van der Waals surface area contributed by atoms with E-state index in [2.05, 4.69) is 11.3 Å². The summed E-state index contributed by atoms with van der Waals surface area (Å²) in [6.45, 7) is 6.50. The van der Waals surface area contributed by atoms with Crippen molar-refractivity contribution in [3.8, 4) is 11.5 Å². The number of esters is 3. The molecule has 0 amide bonds. The van der Waals surface area contributed by atoms with Gasteiger partial charge in [-0.05, 0) is 43.7 Å². The summed E-state index contributed by atoms with van der Waals surface area (Å²) in [5, 5.41) is 9.70. The number of aromatic hydroxyl groups is 1. The van der Waals surface area contributed by atoms with E-state index >= 15 is 0 Å². The van der Waals surface area contributed by atoms with Gasteiger partial charge in [-0.25, -0.2) is 14.4 Å². The summed E-state index contributed by atoms with van der Waals surface area (Å²) in [6.07, 6.45) is 10.2. The first-order chi connectivity index (χ1) is 17.3. The largest absolute Gasteiger partial charge is 0.507 e. The number of benzene rings is 2. The topological polar surface area (TPSA) is 108 Å². The van der Waals surface area contributed by atoms with Crippen LogP contribution in [0.15, 0.2) is 85.0 Å². The van der Waals surface area contributed by atoms with Crippen LogP contribution in [0.1, 0.15) is 25.0 Å². The number of allylic oxidation sites excluding steroid dienone is 3. The van der Waals surface area contributed by atoms with Gasteiger partial charge in [0.25, 0.3) is 0 Å². The van der Waals surface area contributed by atoms with Crippen LogP contribution >= 0.6 is 0 Å². The number of rotatable bonds is 9. The van der Waals surface area contributed by atoms with Crippen LogP contribution in [0.25, 0.3) is 12.2 Å². The standard InChI is InChI=1S/C24H24O6.C4H6O2/c1-18(2)15-16-28-23(26)24(27)30-17-29-21-13-11-19(12-14-21)7-3-4-8-20-9-5-6-10-22(20)25;1-3-4(5)6-2/h3-15,25H,16-17H2,1-2H3;3H,1H2,2H3. The van der Waals surface area contributed by atoms with E-state index < -0.39 is 24.7 Å². The van der Waals surface area contributed by atoms with E-state index in [-0.39, 0.29) is 12.4 Å². The number of phenols is 1. The second-order valence-corrected chi connectivity index (χ2v) is 7.15. The van der Waals surface area contributed by atoms with E-state index in [1.165, 1.54) is 7.11 Å². The van der Waals surface area contributed by atoms with Crippen molar-refractivity contribution >= 4 is 30.1 Å². The average molecular weight is 495 g/mol. The fraction of sp³-hybridized carbons (Fsp3) is 0.179. The zero-order chi connectivity index (χ0) is 26.8. The molecule has 0 aromatic heterocycles. The third-order valence-corrected chi connectivity index (χ3v) is 4.15. The average Bonchev–Trinajstić information content (AvgIpc) is 2.88. The Bertz CT molecular complexity index is 1090. The van der Waals surface area contributed by atoms with Crippen LogP contribution in [0.2, 0.25) is 0 Å². The van der Waals surface area contributed by atoms with Crippen LogP contribution in [0.3, 0.4) is 0 Å². The molecule has 0 saturated carbocycles. The number of hydrogen-bond donors (Lipinski definition) is 1. The molecule has 0 atom stereocenters. The molecule has 36 heavy (non-hydrogen) atoms. The summed E-state index contributed by atoms with van der Waals surface area (Å²) in [5.74, 6) is -1.84. The van der Waals surface area contributed by atoms with Crippen molar-refractivity contribution in [2.45, 2.75) is 13.8 Å². The quantitative estimate of drug-likeness (QED) is 0.100. The Morgan fingerprint density at radius 1 is 0.917 bits per heavy atom. The lowest BCUT2D eigenvalue weighted by Crippen LogP contribution is -2.22. The Kier molecular flexibility index (Phi) is 13.9. The summed E-state index contributed by atoms with van der Waals surface area (Å²) >= 11 is 0. The molecule has 8 heteroatoms. The Balaban J connectivity index is 0.000000960. The molecule has 0 aliphatic heterocycles. The molecular weight excluding hydrogens is 464 g/mol. The first-order valence-corrected chi connectivity index (χ1v) is 10.8. The summed E-state index contributed by atoms with van der Waals surface area (Å²) < 4.78 is 18.9. The Morgan fingerprint density at radius 3 is 2.14 bits per heavy atom.